The quantitative estimate of drug-likeness (QED) is 0.922. The molecule has 0 aromatic heterocycles. The molecule has 1 N–H and O–H groups in total. The number of benzene rings is 1. The van der Waals surface area contributed by atoms with E-state index < -0.39 is 9.84 Å². The standard InChI is InChI=1S/C15H24N2O2S/c1-15(2)12-17(10-4-9-16-15)11-13-5-7-14(8-6-13)20(3,18)19/h5-8,16H,4,9-12H2,1-3H3. The maximum atomic E-state index is 11.4. The minimum atomic E-state index is -3.10. The van der Waals surface area contributed by atoms with E-state index in [2.05, 4.69) is 24.1 Å². The number of hydrogen-bond acceptors (Lipinski definition) is 4. The van der Waals surface area contributed by atoms with Crippen LogP contribution in [0.5, 0.6) is 0 Å². The van der Waals surface area contributed by atoms with E-state index in [0.29, 0.717) is 4.90 Å². The van der Waals surface area contributed by atoms with Gasteiger partial charge >= 0.3 is 0 Å². The lowest BCUT2D eigenvalue weighted by Gasteiger charge is -2.30. The lowest BCUT2D eigenvalue weighted by atomic mass is 10.1. The lowest BCUT2D eigenvalue weighted by Crippen LogP contribution is -2.46. The molecule has 1 saturated heterocycles. The van der Waals surface area contributed by atoms with Crippen molar-refractivity contribution in [3.8, 4) is 0 Å². The van der Waals surface area contributed by atoms with E-state index in [1.165, 1.54) is 6.26 Å². The first-order chi connectivity index (χ1) is 9.26. The predicted molar refractivity (Wildman–Crippen MR) is 81.5 cm³/mol. The molecule has 4 nitrogen and oxygen atoms in total. The van der Waals surface area contributed by atoms with Crippen molar-refractivity contribution < 1.29 is 8.42 Å². The largest absolute Gasteiger partial charge is 0.310 e. The fraction of sp³-hybridized carbons (Fsp3) is 0.600. The van der Waals surface area contributed by atoms with Crippen LogP contribution in [0.2, 0.25) is 0 Å². The zero-order valence-electron chi connectivity index (χ0n) is 12.5. The number of hydrogen-bond donors (Lipinski definition) is 1. The summed E-state index contributed by atoms with van der Waals surface area (Å²) in [6, 6.07) is 7.24. The summed E-state index contributed by atoms with van der Waals surface area (Å²) < 4.78 is 22.9. The molecule has 1 aliphatic heterocycles. The van der Waals surface area contributed by atoms with Crippen LogP contribution in [-0.4, -0.2) is 44.7 Å². The second kappa shape index (κ2) is 5.84. The maximum absolute atomic E-state index is 11.4. The summed E-state index contributed by atoms with van der Waals surface area (Å²) in [7, 11) is -3.10. The molecular formula is C15H24N2O2S. The third-order valence-corrected chi connectivity index (χ3v) is 4.76. The van der Waals surface area contributed by atoms with Crippen molar-refractivity contribution in [2.45, 2.75) is 37.2 Å². The molecule has 5 heteroatoms. The van der Waals surface area contributed by atoms with Gasteiger partial charge in [0.25, 0.3) is 0 Å². The number of nitrogens with zero attached hydrogens (tertiary/aromatic N) is 1. The molecule has 0 atom stereocenters. The van der Waals surface area contributed by atoms with Crippen LogP contribution in [0.3, 0.4) is 0 Å². The second-order valence-corrected chi connectivity index (χ2v) is 8.31. The fourth-order valence-electron chi connectivity index (χ4n) is 2.66. The van der Waals surface area contributed by atoms with Gasteiger partial charge in [-0.3, -0.25) is 4.90 Å². The van der Waals surface area contributed by atoms with Gasteiger partial charge in [0.1, 0.15) is 0 Å². The van der Waals surface area contributed by atoms with Crippen LogP contribution in [0.15, 0.2) is 29.2 Å². The predicted octanol–water partition coefficient (Wildman–Crippen LogP) is 1.66. The van der Waals surface area contributed by atoms with E-state index in [1.807, 2.05) is 12.1 Å². The number of rotatable bonds is 3. The third kappa shape index (κ3) is 4.30. The van der Waals surface area contributed by atoms with E-state index in [-0.39, 0.29) is 5.54 Å². The molecule has 1 fully saturated rings. The Bertz CT molecular complexity index is 550. The average Bonchev–Trinajstić information content (AvgIpc) is 2.49. The van der Waals surface area contributed by atoms with Gasteiger partial charge in [0.2, 0.25) is 0 Å². The Morgan fingerprint density at radius 1 is 1.25 bits per heavy atom. The van der Waals surface area contributed by atoms with Crippen molar-refractivity contribution in [2.75, 3.05) is 25.9 Å². The molecule has 0 aliphatic carbocycles. The first kappa shape index (κ1) is 15.5. The molecule has 1 heterocycles. The van der Waals surface area contributed by atoms with Gasteiger partial charge in [0, 0.05) is 24.9 Å². The van der Waals surface area contributed by atoms with Gasteiger partial charge in [-0.1, -0.05) is 12.1 Å². The van der Waals surface area contributed by atoms with Crippen molar-refractivity contribution in [2.24, 2.45) is 0 Å². The molecule has 1 aromatic carbocycles. The normalized spacial score (nSPS) is 20.6. The van der Waals surface area contributed by atoms with Gasteiger partial charge in [-0.2, -0.15) is 0 Å². The molecule has 0 bridgehead atoms. The van der Waals surface area contributed by atoms with E-state index in [4.69, 9.17) is 0 Å². The molecule has 1 aliphatic rings. The van der Waals surface area contributed by atoms with Gasteiger partial charge in [-0.05, 0) is 51.1 Å². The van der Waals surface area contributed by atoms with E-state index in [0.717, 1.165) is 38.2 Å². The molecule has 0 spiro atoms. The zero-order valence-corrected chi connectivity index (χ0v) is 13.3. The van der Waals surface area contributed by atoms with Crippen molar-refractivity contribution >= 4 is 9.84 Å². The monoisotopic (exact) mass is 296 g/mol. The van der Waals surface area contributed by atoms with Gasteiger partial charge in [-0.25, -0.2) is 8.42 Å². The number of sulfone groups is 1. The highest BCUT2D eigenvalue weighted by Crippen LogP contribution is 2.16. The summed E-state index contributed by atoms with van der Waals surface area (Å²) in [6.45, 7) is 8.44. The van der Waals surface area contributed by atoms with Crippen molar-refractivity contribution in [1.82, 2.24) is 10.2 Å². The van der Waals surface area contributed by atoms with Crippen molar-refractivity contribution in [3.63, 3.8) is 0 Å². The second-order valence-electron chi connectivity index (χ2n) is 6.29. The van der Waals surface area contributed by atoms with Crippen LogP contribution in [0.1, 0.15) is 25.8 Å². The summed E-state index contributed by atoms with van der Waals surface area (Å²) >= 11 is 0. The highest BCUT2D eigenvalue weighted by atomic mass is 32.2. The Balaban J connectivity index is 2.06. The van der Waals surface area contributed by atoms with Crippen LogP contribution in [0, 0.1) is 0 Å². The summed E-state index contributed by atoms with van der Waals surface area (Å²) in [5, 5.41) is 3.54. The Kier molecular flexibility index (Phi) is 4.52. The van der Waals surface area contributed by atoms with Gasteiger partial charge in [-0.15, -0.1) is 0 Å². The molecule has 1 aromatic rings. The van der Waals surface area contributed by atoms with Gasteiger partial charge in [0.15, 0.2) is 9.84 Å². The van der Waals surface area contributed by atoms with E-state index in [9.17, 15) is 8.42 Å². The van der Waals surface area contributed by atoms with Gasteiger partial charge in [0.05, 0.1) is 4.90 Å². The molecule has 20 heavy (non-hydrogen) atoms. The lowest BCUT2D eigenvalue weighted by molar-refractivity contribution is 0.224. The average molecular weight is 296 g/mol. The van der Waals surface area contributed by atoms with E-state index in [1.54, 1.807) is 12.1 Å². The van der Waals surface area contributed by atoms with Crippen molar-refractivity contribution in [1.29, 1.82) is 0 Å². The topological polar surface area (TPSA) is 49.4 Å². The first-order valence-corrected chi connectivity index (χ1v) is 8.92. The first-order valence-electron chi connectivity index (χ1n) is 7.03. The van der Waals surface area contributed by atoms with Crippen LogP contribution >= 0.6 is 0 Å². The number of nitrogens with one attached hydrogen (secondary N) is 1. The summed E-state index contributed by atoms with van der Waals surface area (Å²) in [6.07, 6.45) is 2.38. The Labute approximate surface area is 122 Å². The summed E-state index contributed by atoms with van der Waals surface area (Å²) in [4.78, 5) is 2.81. The van der Waals surface area contributed by atoms with Crippen LogP contribution in [0.25, 0.3) is 0 Å². The minimum absolute atomic E-state index is 0.128. The maximum Gasteiger partial charge on any atom is 0.175 e. The molecule has 2 rings (SSSR count). The highest BCUT2D eigenvalue weighted by molar-refractivity contribution is 7.90. The highest BCUT2D eigenvalue weighted by Gasteiger charge is 2.23. The van der Waals surface area contributed by atoms with Crippen molar-refractivity contribution in [3.05, 3.63) is 29.8 Å². The van der Waals surface area contributed by atoms with Crippen LogP contribution < -0.4 is 5.32 Å². The fourth-order valence-corrected chi connectivity index (χ4v) is 3.29. The summed E-state index contributed by atoms with van der Waals surface area (Å²) in [5.41, 5.74) is 1.29. The van der Waals surface area contributed by atoms with Gasteiger partial charge < -0.3 is 5.32 Å². The molecule has 0 unspecified atom stereocenters. The molecule has 0 amide bonds. The van der Waals surface area contributed by atoms with Crippen LogP contribution in [-0.2, 0) is 16.4 Å². The SMILES string of the molecule is CC1(C)CN(Cc2ccc(S(C)(=O)=O)cc2)CCCN1. The molecule has 0 saturated carbocycles. The Morgan fingerprint density at radius 2 is 1.90 bits per heavy atom. The molecule has 112 valence electrons. The zero-order chi connectivity index (χ0) is 14.8. The smallest absolute Gasteiger partial charge is 0.175 e. The van der Waals surface area contributed by atoms with E-state index >= 15 is 0 Å². The Morgan fingerprint density at radius 3 is 2.50 bits per heavy atom. The van der Waals surface area contributed by atoms with Crippen LogP contribution in [0.4, 0.5) is 0 Å². The summed E-state index contributed by atoms with van der Waals surface area (Å²) in [5.74, 6) is 0. The Hall–Kier alpha value is -0.910. The molecular weight excluding hydrogens is 272 g/mol. The minimum Gasteiger partial charge on any atom is -0.310 e. The molecule has 0 radical (unpaired) electrons. The third-order valence-electron chi connectivity index (χ3n) is 3.63.